The van der Waals surface area contributed by atoms with Crippen molar-refractivity contribution in [1.82, 2.24) is 18.6 Å². The second kappa shape index (κ2) is 8.78. The van der Waals surface area contributed by atoms with Gasteiger partial charge in [0.25, 0.3) is 5.56 Å². The molecule has 156 valence electrons. The average Bonchev–Trinajstić information content (AvgIpc) is 3.07. The summed E-state index contributed by atoms with van der Waals surface area (Å²) in [5.41, 5.74) is 1.37. The van der Waals surface area contributed by atoms with Gasteiger partial charge in [-0.15, -0.1) is 0 Å². The number of fused-ring (bicyclic) bond motifs is 1. The first kappa shape index (κ1) is 21.7. The number of aromatic nitrogens is 3. The molecule has 2 aromatic heterocycles. The Hall–Kier alpha value is -2.02. The van der Waals surface area contributed by atoms with Crippen molar-refractivity contribution in [2.45, 2.75) is 26.8 Å². The molecule has 2 heterocycles. The topological polar surface area (TPSA) is 52.2 Å². The van der Waals surface area contributed by atoms with Crippen LogP contribution in [0.25, 0.3) is 22.2 Å². The van der Waals surface area contributed by atoms with Crippen LogP contribution in [-0.4, -0.2) is 38.2 Å². The zero-order valence-electron chi connectivity index (χ0n) is 17.2. The lowest BCUT2D eigenvalue weighted by molar-refractivity contribution is 0.293. The number of nitrogens with zero attached hydrogens (tertiary/aromatic N) is 4. The molecule has 0 atom stereocenters. The highest BCUT2D eigenvalue weighted by molar-refractivity contribution is 6.36. The summed E-state index contributed by atoms with van der Waals surface area (Å²) < 4.78 is 4.67. The van der Waals surface area contributed by atoms with Gasteiger partial charge in [0.05, 0.1) is 21.6 Å². The van der Waals surface area contributed by atoms with Gasteiger partial charge in [-0.25, -0.2) is 4.79 Å². The summed E-state index contributed by atoms with van der Waals surface area (Å²) in [5, 5.41) is 1.49. The van der Waals surface area contributed by atoms with E-state index in [2.05, 4.69) is 18.7 Å². The van der Waals surface area contributed by atoms with Crippen LogP contribution in [-0.2, 0) is 20.6 Å². The number of hydrogen-bond acceptors (Lipinski definition) is 3. The quantitative estimate of drug-likeness (QED) is 0.566. The molecule has 0 aliphatic heterocycles. The third-order valence-corrected chi connectivity index (χ3v) is 6.01. The van der Waals surface area contributed by atoms with Crippen LogP contribution in [0.1, 0.15) is 20.3 Å². The van der Waals surface area contributed by atoms with Crippen molar-refractivity contribution in [2.75, 3.05) is 19.6 Å². The Labute approximate surface area is 179 Å². The Bertz CT molecular complexity index is 1160. The molecule has 0 spiro atoms. The van der Waals surface area contributed by atoms with Crippen LogP contribution >= 0.6 is 23.2 Å². The molecule has 0 bridgehead atoms. The Morgan fingerprint density at radius 3 is 2.34 bits per heavy atom. The summed E-state index contributed by atoms with van der Waals surface area (Å²) in [6.45, 7) is 7.94. The van der Waals surface area contributed by atoms with E-state index in [0.717, 1.165) is 41.9 Å². The summed E-state index contributed by atoms with van der Waals surface area (Å²) in [4.78, 5) is 27.8. The summed E-state index contributed by atoms with van der Waals surface area (Å²) >= 11 is 12.6. The van der Waals surface area contributed by atoms with E-state index < -0.39 is 0 Å². The molecule has 1 aromatic carbocycles. The molecule has 29 heavy (non-hydrogen) atoms. The Balaban J connectivity index is 2.22. The highest BCUT2D eigenvalue weighted by Gasteiger charge is 2.21. The molecule has 3 rings (SSSR count). The number of halogens is 2. The third-order valence-electron chi connectivity index (χ3n) is 5.47. The van der Waals surface area contributed by atoms with E-state index in [4.69, 9.17) is 23.2 Å². The van der Waals surface area contributed by atoms with Crippen molar-refractivity contribution in [3.8, 4) is 11.3 Å². The van der Waals surface area contributed by atoms with Gasteiger partial charge in [0.2, 0.25) is 0 Å². The highest BCUT2D eigenvalue weighted by Crippen LogP contribution is 2.34. The molecule has 0 saturated heterocycles. The van der Waals surface area contributed by atoms with E-state index in [1.54, 1.807) is 19.2 Å². The van der Waals surface area contributed by atoms with E-state index in [1.807, 2.05) is 16.8 Å². The van der Waals surface area contributed by atoms with Crippen LogP contribution in [0.3, 0.4) is 0 Å². The van der Waals surface area contributed by atoms with Crippen LogP contribution in [0.4, 0.5) is 0 Å². The maximum atomic E-state index is 13.0. The summed E-state index contributed by atoms with van der Waals surface area (Å²) in [6.07, 6.45) is 2.79. The maximum absolute atomic E-state index is 13.0. The largest absolute Gasteiger partial charge is 0.345 e. The van der Waals surface area contributed by atoms with E-state index in [1.165, 1.54) is 11.6 Å². The predicted octanol–water partition coefficient (Wildman–Crippen LogP) is 3.74. The zero-order valence-corrected chi connectivity index (χ0v) is 18.7. The second-order valence-electron chi connectivity index (χ2n) is 7.14. The molecule has 6 nitrogen and oxygen atoms in total. The van der Waals surface area contributed by atoms with Gasteiger partial charge in [-0.05, 0) is 44.3 Å². The minimum atomic E-state index is -0.350. The number of rotatable bonds is 7. The van der Waals surface area contributed by atoms with Crippen molar-refractivity contribution in [3.63, 3.8) is 0 Å². The Kier molecular flexibility index (Phi) is 6.56. The van der Waals surface area contributed by atoms with Gasteiger partial charge >= 0.3 is 5.69 Å². The van der Waals surface area contributed by atoms with Crippen LogP contribution < -0.4 is 11.2 Å². The molecule has 0 aliphatic rings. The molecule has 0 aliphatic carbocycles. The minimum absolute atomic E-state index is 0.327. The van der Waals surface area contributed by atoms with Crippen LogP contribution in [0.2, 0.25) is 10.0 Å². The van der Waals surface area contributed by atoms with Gasteiger partial charge in [0.1, 0.15) is 0 Å². The monoisotopic (exact) mass is 436 g/mol. The normalized spacial score (nSPS) is 11.7. The van der Waals surface area contributed by atoms with Crippen molar-refractivity contribution in [1.29, 1.82) is 0 Å². The van der Waals surface area contributed by atoms with Gasteiger partial charge in [0.15, 0.2) is 0 Å². The van der Waals surface area contributed by atoms with Crippen LogP contribution in [0.15, 0.2) is 34.0 Å². The fourth-order valence-corrected chi connectivity index (χ4v) is 4.24. The molecular weight excluding hydrogens is 411 g/mol. The molecule has 0 amide bonds. The van der Waals surface area contributed by atoms with Gasteiger partial charge < -0.3 is 9.47 Å². The number of aryl methyl sites for hydroxylation is 2. The van der Waals surface area contributed by atoms with E-state index in [9.17, 15) is 9.59 Å². The molecule has 8 heteroatoms. The van der Waals surface area contributed by atoms with E-state index in [0.29, 0.717) is 27.5 Å². The SMILES string of the molecule is CCN(CC)CCCn1cc2c(c1-c1ccc(Cl)cc1Cl)c(=O)n(C)c(=O)n2C. The first-order valence-corrected chi connectivity index (χ1v) is 10.5. The molecule has 0 N–H and O–H groups in total. The maximum Gasteiger partial charge on any atom is 0.330 e. The minimum Gasteiger partial charge on any atom is -0.345 e. The van der Waals surface area contributed by atoms with Crippen LogP contribution in [0.5, 0.6) is 0 Å². The highest BCUT2D eigenvalue weighted by atomic mass is 35.5. The van der Waals surface area contributed by atoms with Crippen molar-refractivity contribution in [3.05, 3.63) is 55.3 Å². The Morgan fingerprint density at radius 1 is 1.03 bits per heavy atom. The van der Waals surface area contributed by atoms with Crippen LogP contribution in [0, 0.1) is 0 Å². The number of hydrogen-bond donors (Lipinski definition) is 0. The van der Waals surface area contributed by atoms with Gasteiger partial charge in [-0.1, -0.05) is 37.0 Å². The fraction of sp³-hybridized carbons (Fsp3) is 0.429. The summed E-state index contributed by atoms with van der Waals surface area (Å²) in [6, 6.07) is 5.25. The molecule has 0 saturated carbocycles. The first-order valence-electron chi connectivity index (χ1n) is 9.76. The summed E-state index contributed by atoms with van der Waals surface area (Å²) in [5.74, 6) is 0. The smallest absolute Gasteiger partial charge is 0.330 e. The third kappa shape index (κ3) is 4.02. The van der Waals surface area contributed by atoms with Gasteiger partial charge in [-0.2, -0.15) is 0 Å². The van der Waals surface area contributed by atoms with Crippen molar-refractivity contribution < 1.29 is 0 Å². The van der Waals surface area contributed by atoms with E-state index >= 15 is 0 Å². The summed E-state index contributed by atoms with van der Waals surface area (Å²) in [7, 11) is 3.17. The number of benzene rings is 1. The van der Waals surface area contributed by atoms with Gasteiger partial charge in [0, 0.05) is 37.4 Å². The molecule has 0 fully saturated rings. The Morgan fingerprint density at radius 2 is 1.72 bits per heavy atom. The molecule has 3 aromatic rings. The fourth-order valence-electron chi connectivity index (χ4n) is 3.74. The average molecular weight is 437 g/mol. The predicted molar refractivity (Wildman–Crippen MR) is 120 cm³/mol. The first-order chi connectivity index (χ1) is 13.8. The second-order valence-corrected chi connectivity index (χ2v) is 7.99. The molecule has 0 unspecified atom stereocenters. The van der Waals surface area contributed by atoms with E-state index in [-0.39, 0.29) is 11.2 Å². The molecule has 0 radical (unpaired) electrons. The standard InChI is InChI=1S/C21H26Cl2N4O2/c1-5-26(6-2)10-7-11-27-13-17-18(20(28)25(4)21(29)24(17)3)19(27)15-9-8-14(22)12-16(15)23/h8-9,12-13H,5-7,10-11H2,1-4H3. The van der Waals surface area contributed by atoms with Crippen molar-refractivity contribution in [2.24, 2.45) is 14.1 Å². The van der Waals surface area contributed by atoms with Gasteiger partial charge in [-0.3, -0.25) is 13.9 Å². The van der Waals surface area contributed by atoms with Crippen molar-refractivity contribution >= 4 is 34.1 Å². The molecular formula is C21H26Cl2N4O2. The lowest BCUT2D eigenvalue weighted by Gasteiger charge is -2.18. The lowest BCUT2D eigenvalue weighted by Crippen LogP contribution is -2.36. The lowest BCUT2D eigenvalue weighted by atomic mass is 10.1. The zero-order chi connectivity index (χ0) is 21.3.